The number of benzene rings is 1. The van der Waals surface area contributed by atoms with E-state index in [4.69, 9.17) is 0 Å². The van der Waals surface area contributed by atoms with Crippen molar-refractivity contribution in [1.82, 2.24) is 0 Å². The molecule has 2 heteroatoms. The van der Waals surface area contributed by atoms with Crippen molar-refractivity contribution in [3.8, 4) is 0 Å². The first-order chi connectivity index (χ1) is 5.81. The normalized spacial score (nSPS) is 13.9. The van der Waals surface area contributed by atoms with E-state index >= 15 is 0 Å². The Balaban J connectivity index is 2.54. The van der Waals surface area contributed by atoms with Gasteiger partial charge in [0.25, 0.3) is 0 Å². The molecule has 1 aliphatic rings. The molecule has 0 radical (unpaired) electrons. The van der Waals surface area contributed by atoms with Crippen LogP contribution >= 0.6 is 0 Å². The predicted molar refractivity (Wildman–Crippen MR) is 44.1 cm³/mol. The third-order valence-corrected chi connectivity index (χ3v) is 2.05. The van der Waals surface area contributed by atoms with Gasteiger partial charge in [-0.25, -0.2) is 4.39 Å². The van der Waals surface area contributed by atoms with E-state index in [0.717, 1.165) is 17.4 Å². The molecule has 1 aromatic carbocycles. The van der Waals surface area contributed by atoms with Gasteiger partial charge in [0.05, 0.1) is 0 Å². The first kappa shape index (κ1) is 7.22. The summed E-state index contributed by atoms with van der Waals surface area (Å²) in [5.74, 6) is -0.241. The molecule has 0 amide bonds. The van der Waals surface area contributed by atoms with Crippen molar-refractivity contribution in [3.05, 3.63) is 41.2 Å². The lowest BCUT2D eigenvalue weighted by Gasteiger charge is -1.98. The average Bonchev–Trinajstić information content (AvgIpc) is 2.46. The Morgan fingerprint density at radius 2 is 2.25 bits per heavy atom. The number of carbonyl (C=O) groups excluding carboxylic acids is 1. The minimum Gasteiger partial charge on any atom is -0.298 e. The lowest BCUT2D eigenvalue weighted by Crippen LogP contribution is -1.86. The van der Waals surface area contributed by atoms with E-state index in [-0.39, 0.29) is 5.82 Å². The molecule has 0 spiro atoms. The molecule has 60 valence electrons. The summed E-state index contributed by atoms with van der Waals surface area (Å²) < 4.78 is 12.7. The summed E-state index contributed by atoms with van der Waals surface area (Å²) in [7, 11) is 0. The topological polar surface area (TPSA) is 17.1 Å². The SMILES string of the molecule is O=CC1=CCc2cc(F)ccc21. The summed E-state index contributed by atoms with van der Waals surface area (Å²) in [6.07, 6.45) is 3.29. The minimum absolute atomic E-state index is 0.241. The highest BCUT2D eigenvalue weighted by Crippen LogP contribution is 2.25. The third kappa shape index (κ3) is 0.961. The van der Waals surface area contributed by atoms with Gasteiger partial charge < -0.3 is 0 Å². The Labute approximate surface area is 69.5 Å². The van der Waals surface area contributed by atoms with Gasteiger partial charge in [0.2, 0.25) is 0 Å². The minimum atomic E-state index is -0.241. The van der Waals surface area contributed by atoms with Crippen molar-refractivity contribution in [2.75, 3.05) is 0 Å². The molecule has 0 bridgehead atoms. The maximum Gasteiger partial charge on any atom is 0.150 e. The van der Waals surface area contributed by atoms with Crippen LogP contribution in [0.25, 0.3) is 5.57 Å². The van der Waals surface area contributed by atoms with Crippen LogP contribution < -0.4 is 0 Å². The number of hydrogen-bond acceptors (Lipinski definition) is 1. The Kier molecular flexibility index (Phi) is 1.54. The first-order valence-corrected chi connectivity index (χ1v) is 3.75. The second-order valence-electron chi connectivity index (χ2n) is 2.78. The van der Waals surface area contributed by atoms with Gasteiger partial charge in [0.1, 0.15) is 12.1 Å². The maximum absolute atomic E-state index is 12.7. The fourth-order valence-electron chi connectivity index (χ4n) is 1.45. The molecular weight excluding hydrogens is 155 g/mol. The first-order valence-electron chi connectivity index (χ1n) is 3.75. The maximum atomic E-state index is 12.7. The summed E-state index contributed by atoms with van der Waals surface area (Å²) >= 11 is 0. The molecule has 0 atom stereocenters. The fourth-order valence-corrected chi connectivity index (χ4v) is 1.45. The van der Waals surface area contributed by atoms with E-state index in [1.165, 1.54) is 12.1 Å². The lowest BCUT2D eigenvalue weighted by atomic mass is 10.1. The molecule has 0 aromatic heterocycles. The van der Waals surface area contributed by atoms with Crippen LogP contribution in [0.4, 0.5) is 4.39 Å². The molecule has 0 heterocycles. The molecule has 0 saturated heterocycles. The zero-order valence-electron chi connectivity index (χ0n) is 6.38. The second kappa shape index (κ2) is 2.55. The number of rotatable bonds is 1. The molecule has 0 unspecified atom stereocenters. The van der Waals surface area contributed by atoms with Crippen LogP contribution in [0.2, 0.25) is 0 Å². The molecule has 1 aliphatic carbocycles. The van der Waals surface area contributed by atoms with Gasteiger partial charge in [0.15, 0.2) is 0 Å². The summed E-state index contributed by atoms with van der Waals surface area (Å²) in [5, 5.41) is 0. The largest absolute Gasteiger partial charge is 0.298 e. The monoisotopic (exact) mass is 162 g/mol. The van der Waals surface area contributed by atoms with E-state index in [2.05, 4.69) is 0 Å². The highest BCUT2D eigenvalue weighted by atomic mass is 19.1. The number of allylic oxidation sites excluding steroid dienone is 2. The summed E-state index contributed by atoms with van der Waals surface area (Å²) in [4.78, 5) is 10.5. The lowest BCUT2D eigenvalue weighted by molar-refractivity contribution is -0.103. The third-order valence-electron chi connectivity index (χ3n) is 2.05. The van der Waals surface area contributed by atoms with Gasteiger partial charge in [0, 0.05) is 5.57 Å². The molecule has 0 N–H and O–H groups in total. The van der Waals surface area contributed by atoms with Crippen LogP contribution in [0.15, 0.2) is 24.3 Å². The molecular formula is C10H7FO. The van der Waals surface area contributed by atoms with Crippen LogP contribution in [0.3, 0.4) is 0 Å². The summed E-state index contributed by atoms with van der Waals surface area (Å²) in [6.45, 7) is 0. The zero-order chi connectivity index (χ0) is 8.55. The van der Waals surface area contributed by atoms with Gasteiger partial charge in [-0.15, -0.1) is 0 Å². The van der Waals surface area contributed by atoms with Gasteiger partial charge in [-0.1, -0.05) is 12.1 Å². The smallest absolute Gasteiger partial charge is 0.150 e. The molecule has 0 fully saturated rings. The van der Waals surface area contributed by atoms with Crippen molar-refractivity contribution in [3.63, 3.8) is 0 Å². The van der Waals surface area contributed by atoms with Crippen molar-refractivity contribution in [1.29, 1.82) is 0 Å². The van der Waals surface area contributed by atoms with Gasteiger partial charge in [-0.3, -0.25) is 4.79 Å². The molecule has 0 saturated carbocycles. The highest BCUT2D eigenvalue weighted by molar-refractivity contribution is 6.08. The van der Waals surface area contributed by atoms with E-state index < -0.39 is 0 Å². The number of halogens is 1. The number of fused-ring (bicyclic) bond motifs is 1. The standard InChI is InChI=1S/C10H7FO/c11-9-3-4-10-7(5-9)1-2-8(10)6-12/h2-6H,1H2. The van der Waals surface area contributed by atoms with Crippen LogP contribution in [0.1, 0.15) is 11.1 Å². The molecule has 2 rings (SSSR count). The summed E-state index contributed by atoms with van der Waals surface area (Å²) in [5.41, 5.74) is 2.44. The summed E-state index contributed by atoms with van der Waals surface area (Å²) in [6, 6.07) is 4.50. The molecule has 12 heavy (non-hydrogen) atoms. The van der Waals surface area contributed by atoms with Crippen LogP contribution in [0, 0.1) is 5.82 Å². The Bertz CT molecular complexity index is 366. The van der Waals surface area contributed by atoms with Crippen molar-refractivity contribution < 1.29 is 9.18 Å². The van der Waals surface area contributed by atoms with Crippen LogP contribution in [-0.2, 0) is 11.2 Å². The quantitative estimate of drug-likeness (QED) is 0.577. The van der Waals surface area contributed by atoms with Gasteiger partial charge >= 0.3 is 0 Å². The van der Waals surface area contributed by atoms with Crippen molar-refractivity contribution in [2.45, 2.75) is 6.42 Å². The highest BCUT2D eigenvalue weighted by Gasteiger charge is 2.12. The van der Waals surface area contributed by atoms with Gasteiger partial charge in [-0.2, -0.15) is 0 Å². The van der Waals surface area contributed by atoms with E-state index in [9.17, 15) is 9.18 Å². The average molecular weight is 162 g/mol. The molecule has 0 aliphatic heterocycles. The van der Waals surface area contributed by atoms with Crippen LogP contribution in [0.5, 0.6) is 0 Å². The van der Waals surface area contributed by atoms with E-state index in [0.29, 0.717) is 12.0 Å². The predicted octanol–water partition coefficient (Wildman–Crippen LogP) is 1.96. The van der Waals surface area contributed by atoms with E-state index in [1.807, 2.05) is 6.08 Å². The zero-order valence-corrected chi connectivity index (χ0v) is 6.38. The number of aldehydes is 1. The van der Waals surface area contributed by atoms with Crippen molar-refractivity contribution in [2.24, 2.45) is 0 Å². The number of hydrogen-bond donors (Lipinski definition) is 0. The van der Waals surface area contributed by atoms with Gasteiger partial charge in [-0.05, 0) is 29.7 Å². The fraction of sp³-hybridized carbons (Fsp3) is 0.100. The van der Waals surface area contributed by atoms with Crippen molar-refractivity contribution >= 4 is 11.9 Å². The Morgan fingerprint density at radius 1 is 1.42 bits per heavy atom. The second-order valence-corrected chi connectivity index (χ2v) is 2.78. The van der Waals surface area contributed by atoms with E-state index in [1.54, 1.807) is 6.07 Å². The Morgan fingerprint density at radius 3 is 3.00 bits per heavy atom. The molecule has 1 aromatic rings. The van der Waals surface area contributed by atoms with Crippen LogP contribution in [-0.4, -0.2) is 6.29 Å². The Hall–Kier alpha value is -1.44. The number of carbonyl (C=O) groups is 1. The molecule has 1 nitrogen and oxygen atoms in total.